The van der Waals surface area contributed by atoms with Gasteiger partial charge in [0.1, 0.15) is 12.3 Å². The van der Waals surface area contributed by atoms with E-state index in [4.69, 9.17) is 4.74 Å². The highest BCUT2D eigenvalue weighted by Crippen LogP contribution is 2.30. The van der Waals surface area contributed by atoms with Crippen molar-refractivity contribution in [2.24, 2.45) is 0 Å². The second-order valence-electron chi connectivity index (χ2n) is 5.69. The maximum Gasteiger partial charge on any atom is 0.325 e. The van der Waals surface area contributed by atoms with Gasteiger partial charge in [-0.05, 0) is 6.07 Å². The minimum Gasteiger partial charge on any atom is -0.496 e. The first-order valence-corrected chi connectivity index (χ1v) is 7.83. The third-order valence-electron chi connectivity index (χ3n) is 4.29. The molecule has 4 amide bonds. The summed E-state index contributed by atoms with van der Waals surface area (Å²) in [4.78, 5) is 38.7. The molecule has 3 rings (SSSR count). The number of methoxy groups -OCH3 is 1. The second kappa shape index (κ2) is 6.88. The van der Waals surface area contributed by atoms with E-state index in [1.54, 1.807) is 12.0 Å². The number of piperazine rings is 1. The molecule has 0 bridgehead atoms. The number of urea groups is 1. The molecule has 0 aliphatic carbocycles. The summed E-state index contributed by atoms with van der Waals surface area (Å²) < 4.78 is 5.40. The third kappa shape index (κ3) is 3.05. The Labute approximate surface area is 139 Å². The number of carbonyl (C=O) groups is 3. The molecule has 1 atom stereocenters. The monoisotopic (exact) mass is 332 g/mol. The van der Waals surface area contributed by atoms with Crippen molar-refractivity contribution >= 4 is 17.8 Å². The molecule has 2 saturated heterocycles. The molecule has 1 aromatic rings. The normalized spacial score (nSPS) is 21.0. The standard InChI is InChI=1S/C16H20N4O4/c1-24-13-5-3-2-4-11(13)12-8-17-6-7-19(12)15(22)10-20-14(21)9-18-16(20)23/h2-5,12,17H,6-10H2,1H3,(H,18,23)/t12-/m1/s1. The van der Waals surface area contributed by atoms with E-state index >= 15 is 0 Å². The van der Waals surface area contributed by atoms with Crippen molar-refractivity contribution in [1.29, 1.82) is 0 Å². The molecule has 8 nitrogen and oxygen atoms in total. The van der Waals surface area contributed by atoms with Gasteiger partial charge < -0.3 is 20.3 Å². The lowest BCUT2D eigenvalue weighted by Crippen LogP contribution is -2.52. The lowest BCUT2D eigenvalue weighted by molar-refractivity contribution is -0.139. The Hall–Kier alpha value is -2.61. The van der Waals surface area contributed by atoms with Crippen LogP contribution in [0.5, 0.6) is 5.75 Å². The minimum absolute atomic E-state index is 0.0520. The Morgan fingerprint density at radius 3 is 2.83 bits per heavy atom. The van der Waals surface area contributed by atoms with Gasteiger partial charge in [-0.2, -0.15) is 0 Å². The Kier molecular flexibility index (Phi) is 4.66. The van der Waals surface area contributed by atoms with Crippen molar-refractivity contribution in [3.8, 4) is 5.75 Å². The van der Waals surface area contributed by atoms with E-state index in [9.17, 15) is 14.4 Å². The zero-order valence-electron chi connectivity index (χ0n) is 13.4. The van der Waals surface area contributed by atoms with Crippen LogP contribution in [0.3, 0.4) is 0 Å². The van der Waals surface area contributed by atoms with Crippen LogP contribution in [-0.4, -0.2) is 67.5 Å². The van der Waals surface area contributed by atoms with Crippen molar-refractivity contribution in [2.45, 2.75) is 6.04 Å². The van der Waals surface area contributed by atoms with Gasteiger partial charge in [-0.15, -0.1) is 0 Å². The molecule has 1 aromatic carbocycles. The summed E-state index contributed by atoms with van der Waals surface area (Å²) in [7, 11) is 1.59. The smallest absolute Gasteiger partial charge is 0.325 e. The molecule has 2 aliphatic rings. The van der Waals surface area contributed by atoms with Crippen LogP contribution in [0.2, 0.25) is 0 Å². The molecule has 128 valence electrons. The minimum atomic E-state index is -0.516. The fraction of sp³-hybridized carbons (Fsp3) is 0.438. The molecular formula is C16H20N4O4. The number of para-hydroxylation sites is 1. The summed E-state index contributed by atoms with van der Waals surface area (Å²) in [6, 6.07) is 6.82. The van der Waals surface area contributed by atoms with Crippen molar-refractivity contribution < 1.29 is 19.1 Å². The Morgan fingerprint density at radius 1 is 1.33 bits per heavy atom. The van der Waals surface area contributed by atoms with Gasteiger partial charge in [-0.25, -0.2) is 4.79 Å². The number of amides is 4. The van der Waals surface area contributed by atoms with Crippen LogP contribution in [0, 0.1) is 0 Å². The van der Waals surface area contributed by atoms with Gasteiger partial charge in [0, 0.05) is 25.2 Å². The summed E-state index contributed by atoms with van der Waals surface area (Å²) >= 11 is 0. The van der Waals surface area contributed by atoms with Crippen molar-refractivity contribution in [3.63, 3.8) is 0 Å². The molecule has 0 unspecified atom stereocenters. The number of rotatable bonds is 4. The lowest BCUT2D eigenvalue weighted by Gasteiger charge is -2.37. The number of benzene rings is 1. The van der Waals surface area contributed by atoms with E-state index in [2.05, 4.69) is 10.6 Å². The predicted octanol–water partition coefficient (Wildman–Crippen LogP) is -0.280. The van der Waals surface area contributed by atoms with Crippen molar-refractivity contribution in [3.05, 3.63) is 29.8 Å². The van der Waals surface area contributed by atoms with Gasteiger partial charge in [0.15, 0.2) is 0 Å². The van der Waals surface area contributed by atoms with Crippen LogP contribution in [0.1, 0.15) is 11.6 Å². The summed E-state index contributed by atoms with van der Waals surface area (Å²) in [5.74, 6) is 0.0779. The van der Waals surface area contributed by atoms with Gasteiger partial charge in [-0.1, -0.05) is 18.2 Å². The van der Waals surface area contributed by atoms with Crippen LogP contribution >= 0.6 is 0 Å². The van der Waals surface area contributed by atoms with Crippen molar-refractivity contribution in [1.82, 2.24) is 20.4 Å². The van der Waals surface area contributed by atoms with Crippen LogP contribution in [0.15, 0.2) is 24.3 Å². The maximum atomic E-state index is 12.7. The number of hydrogen-bond acceptors (Lipinski definition) is 5. The number of nitrogens with one attached hydrogen (secondary N) is 2. The van der Waals surface area contributed by atoms with E-state index in [0.29, 0.717) is 25.4 Å². The lowest BCUT2D eigenvalue weighted by atomic mass is 10.0. The maximum absolute atomic E-state index is 12.7. The van der Waals surface area contributed by atoms with Gasteiger partial charge in [0.25, 0.3) is 5.91 Å². The summed E-state index contributed by atoms with van der Waals surface area (Å²) in [5.41, 5.74) is 0.901. The average Bonchev–Trinajstić information content (AvgIpc) is 2.93. The first-order valence-electron chi connectivity index (χ1n) is 7.83. The molecule has 24 heavy (non-hydrogen) atoms. The van der Waals surface area contributed by atoms with E-state index < -0.39 is 6.03 Å². The van der Waals surface area contributed by atoms with Crippen LogP contribution in [-0.2, 0) is 9.59 Å². The second-order valence-corrected chi connectivity index (χ2v) is 5.69. The Morgan fingerprint density at radius 2 is 2.12 bits per heavy atom. The first-order chi connectivity index (χ1) is 11.6. The number of nitrogens with zero attached hydrogens (tertiary/aromatic N) is 2. The summed E-state index contributed by atoms with van der Waals surface area (Å²) in [5, 5.41) is 5.69. The largest absolute Gasteiger partial charge is 0.496 e. The first kappa shape index (κ1) is 16.3. The quantitative estimate of drug-likeness (QED) is 0.740. The number of ether oxygens (including phenoxy) is 1. The molecule has 0 saturated carbocycles. The highest BCUT2D eigenvalue weighted by molar-refractivity contribution is 6.04. The topological polar surface area (TPSA) is 91.0 Å². The van der Waals surface area contributed by atoms with E-state index in [1.165, 1.54) is 0 Å². The Balaban J connectivity index is 1.80. The molecule has 0 radical (unpaired) electrons. The van der Waals surface area contributed by atoms with E-state index in [0.717, 1.165) is 10.5 Å². The average molecular weight is 332 g/mol. The van der Waals surface area contributed by atoms with Gasteiger partial charge in [0.2, 0.25) is 5.91 Å². The number of imide groups is 1. The molecule has 2 fully saturated rings. The molecule has 2 aliphatic heterocycles. The fourth-order valence-corrected chi connectivity index (χ4v) is 3.06. The third-order valence-corrected chi connectivity index (χ3v) is 4.29. The van der Waals surface area contributed by atoms with Gasteiger partial charge >= 0.3 is 6.03 Å². The summed E-state index contributed by atoms with van der Waals surface area (Å²) in [6.45, 7) is 1.47. The molecule has 8 heteroatoms. The molecule has 2 N–H and O–H groups in total. The van der Waals surface area contributed by atoms with Crippen LogP contribution in [0.4, 0.5) is 4.79 Å². The molecule has 2 heterocycles. The summed E-state index contributed by atoms with van der Waals surface area (Å²) in [6.07, 6.45) is 0. The highest BCUT2D eigenvalue weighted by Gasteiger charge is 2.35. The molecular weight excluding hydrogens is 312 g/mol. The predicted molar refractivity (Wildman–Crippen MR) is 85.4 cm³/mol. The van der Waals surface area contributed by atoms with Gasteiger partial charge in [0.05, 0.1) is 19.7 Å². The fourth-order valence-electron chi connectivity index (χ4n) is 3.06. The number of carbonyl (C=O) groups excluding carboxylic acids is 3. The zero-order chi connectivity index (χ0) is 17.1. The SMILES string of the molecule is COc1ccccc1[C@H]1CNCCN1C(=O)CN1C(=O)CNC1=O. The Bertz CT molecular complexity index is 647. The van der Waals surface area contributed by atoms with Crippen LogP contribution in [0.25, 0.3) is 0 Å². The molecule has 0 aromatic heterocycles. The van der Waals surface area contributed by atoms with Crippen molar-refractivity contribution in [2.75, 3.05) is 39.8 Å². The van der Waals surface area contributed by atoms with E-state index in [-0.39, 0.29) is 30.9 Å². The van der Waals surface area contributed by atoms with E-state index in [1.807, 2.05) is 24.3 Å². The highest BCUT2D eigenvalue weighted by atomic mass is 16.5. The van der Waals surface area contributed by atoms with Gasteiger partial charge in [-0.3, -0.25) is 14.5 Å². The van der Waals surface area contributed by atoms with Crippen LogP contribution < -0.4 is 15.4 Å². The number of hydrogen-bond donors (Lipinski definition) is 2. The zero-order valence-corrected chi connectivity index (χ0v) is 13.4. The molecule has 0 spiro atoms.